The molecule has 0 saturated carbocycles. The van der Waals surface area contributed by atoms with Crippen molar-refractivity contribution in [1.82, 2.24) is 19.9 Å². The van der Waals surface area contributed by atoms with Crippen molar-refractivity contribution < 1.29 is 14.1 Å². The fourth-order valence-electron chi connectivity index (χ4n) is 2.44. The van der Waals surface area contributed by atoms with Crippen LogP contribution in [0.3, 0.4) is 0 Å². The molecule has 1 fully saturated rings. The van der Waals surface area contributed by atoms with Gasteiger partial charge in [-0.25, -0.2) is 4.79 Å². The van der Waals surface area contributed by atoms with Gasteiger partial charge in [-0.3, -0.25) is 4.90 Å². The summed E-state index contributed by atoms with van der Waals surface area (Å²) in [5.41, 5.74) is 0.979. The van der Waals surface area contributed by atoms with Gasteiger partial charge < -0.3 is 14.2 Å². The highest BCUT2D eigenvalue weighted by atomic mass is 32.1. The molecule has 0 N–H and O–H groups in total. The largest absolute Gasteiger partial charge is 0.449 e. The Labute approximate surface area is 145 Å². The number of hydrogen-bond donors (Lipinski definition) is 0. The van der Waals surface area contributed by atoms with Crippen LogP contribution in [0.5, 0.6) is 0 Å². The van der Waals surface area contributed by atoms with Crippen LogP contribution in [0.4, 0.5) is 4.79 Å². The molecule has 8 heteroatoms. The van der Waals surface area contributed by atoms with Crippen molar-refractivity contribution in [3.05, 3.63) is 22.7 Å². The third-order valence-corrected chi connectivity index (χ3v) is 4.46. The van der Waals surface area contributed by atoms with Gasteiger partial charge >= 0.3 is 6.09 Å². The molecular weight excluding hydrogens is 328 g/mol. The number of rotatable bonds is 5. The molecular formula is C16H22N4O3S. The van der Waals surface area contributed by atoms with Gasteiger partial charge in [0.1, 0.15) is 0 Å². The molecule has 1 saturated heterocycles. The number of ether oxygens (including phenoxy) is 1. The zero-order valence-corrected chi connectivity index (χ0v) is 14.8. The van der Waals surface area contributed by atoms with Gasteiger partial charge in [-0.1, -0.05) is 19.0 Å². The Morgan fingerprint density at radius 2 is 2.17 bits per heavy atom. The maximum absolute atomic E-state index is 11.9. The number of amides is 1. The Morgan fingerprint density at radius 1 is 1.38 bits per heavy atom. The van der Waals surface area contributed by atoms with Crippen molar-refractivity contribution in [3.63, 3.8) is 0 Å². The maximum atomic E-state index is 11.9. The van der Waals surface area contributed by atoms with E-state index >= 15 is 0 Å². The minimum atomic E-state index is -0.221. The molecule has 1 aliphatic rings. The van der Waals surface area contributed by atoms with E-state index in [0.29, 0.717) is 43.9 Å². The van der Waals surface area contributed by atoms with Crippen LogP contribution in [0, 0.1) is 5.92 Å². The third-order valence-electron chi connectivity index (χ3n) is 3.78. The summed E-state index contributed by atoms with van der Waals surface area (Å²) in [7, 11) is 0. The smallest absolute Gasteiger partial charge is 0.409 e. The predicted octanol–water partition coefficient (Wildman–Crippen LogP) is 2.71. The summed E-state index contributed by atoms with van der Waals surface area (Å²) in [5.74, 6) is 1.58. The number of carbonyl (C=O) groups excluding carboxylic acids is 1. The van der Waals surface area contributed by atoms with E-state index in [1.54, 1.807) is 16.2 Å². The quantitative estimate of drug-likeness (QED) is 0.826. The summed E-state index contributed by atoms with van der Waals surface area (Å²) in [6.45, 7) is 7.98. The first-order valence-corrected chi connectivity index (χ1v) is 9.05. The standard InChI is InChI=1S/C16H22N4O3S/c1-12(2)10-22-16(21)20-6-4-19(5-7-20)9-14-17-15(18-23-14)13-3-8-24-11-13/h3,8,11-12H,4-7,9-10H2,1-2H3. The fraction of sp³-hybridized carbons (Fsp3) is 0.562. The van der Waals surface area contributed by atoms with Crippen LogP contribution in [-0.4, -0.2) is 58.8 Å². The van der Waals surface area contributed by atoms with E-state index in [0.717, 1.165) is 18.7 Å². The second-order valence-electron chi connectivity index (χ2n) is 6.26. The summed E-state index contributed by atoms with van der Waals surface area (Å²) < 4.78 is 10.6. The molecule has 2 aromatic rings. The maximum Gasteiger partial charge on any atom is 0.409 e. The lowest BCUT2D eigenvalue weighted by atomic mass is 10.2. The first kappa shape index (κ1) is 16.9. The predicted molar refractivity (Wildman–Crippen MR) is 90.6 cm³/mol. The molecule has 1 aliphatic heterocycles. The molecule has 7 nitrogen and oxygen atoms in total. The van der Waals surface area contributed by atoms with Crippen molar-refractivity contribution in [3.8, 4) is 11.4 Å². The van der Waals surface area contributed by atoms with Gasteiger partial charge in [-0.05, 0) is 17.4 Å². The van der Waals surface area contributed by atoms with E-state index in [9.17, 15) is 4.79 Å². The average molecular weight is 350 g/mol. The Balaban J connectivity index is 1.46. The molecule has 0 bridgehead atoms. The monoisotopic (exact) mass is 350 g/mol. The molecule has 130 valence electrons. The first-order chi connectivity index (χ1) is 11.6. The van der Waals surface area contributed by atoms with Gasteiger partial charge in [0.25, 0.3) is 0 Å². The number of piperazine rings is 1. The zero-order valence-electron chi connectivity index (χ0n) is 14.0. The number of thiophene rings is 1. The van der Waals surface area contributed by atoms with Gasteiger partial charge in [0.15, 0.2) is 0 Å². The van der Waals surface area contributed by atoms with Crippen molar-refractivity contribution >= 4 is 17.4 Å². The second-order valence-corrected chi connectivity index (χ2v) is 7.04. The number of aromatic nitrogens is 2. The highest BCUT2D eigenvalue weighted by molar-refractivity contribution is 7.08. The summed E-state index contributed by atoms with van der Waals surface area (Å²) in [4.78, 5) is 20.3. The molecule has 24 heavy (non-hydrogen) atoms. The Morgan fingerprint density at radius 3 is 2.83 bits per heavy atom. The van der Waals surface area contributed by atoms with Crippen LogP contribution < -0.4 is 0 Å². The number of hydrogen-bond acceptors (Lipinski definition) is 7. The number of carbonyl (C=O) groups is 1. The topological polar surface area (TPSA) is 71.7 Å². The molecule has 2 aromatic heterocycles. The van der Waals surface area contributed by atoms with E-state index in [-0.39, 0.29) is 6.09 Å². The molecule has 1 amide bonds. The molecule has 3 rings (SSSR count). The van der Waals surface area contributed by atoms with E-state index < -0.39 is 0 Å². The highest BCUT2D eigenvalue weighted by Crippen LogP contribution is 2.19. The third kappa shape index (κ3) is 4.33. The van der Waals surface area contributed by atoms with E-state index in [1.807, 2.05) is 30.7 Å². The minimum absolute atomic E-state index is 0.221. The molecule has 0 atom stereocenters. The SMILES string of the molecule is CC(C)COC(=O)N1CCN(Cc2nc(-c3ccsc3)no2)CC1. The fourth-order valence-corrected chi connectivity index (χ4v) is 3.07. The van der Waals surface area contributed by atoms with Crippen LogP contribution in [0.1, 0.15) is 19.7 Å². The van der Waals surface area contributed by atoms with Crippen molar-refractivity contribution in [2.75, 3.05) is 32.8 Å². The van der Waals surface area contributed by atoms with Crippen molar-refractivity contribution in [1.29, 1.82) is 0 Å². The highest BCUT2D eigenvalue weighted by Gasteiger charge is 2.23. The van der Waals surface area contributed by atoms with Gasteiger partial charge in [0.05, 0.1) is 13.2 Å². The van der Waals surface area contributed by atoms with Gasteiger partial charge in [-0.2, -0.15) is 16.3 Å². The lowest BCUT2D eigenvalue weighted by molar-refractivity contribution is 0.0652. The zero-order chi connectivity index (χ0) is 16.9. The summed E-state index contributed by atoms with van der Waals surface area (Å²) in [5, 5.41) is 8.00. The van der Waals surface area contributed by atoms with E-state index in [4.69, 9.17) is 9.26 Å². The van der Waals surface area contributed by atoms with Crippen LogP contribution in [0.2, 0.25) is 0 Å². The first-order valence-electron chi connectivity index (χ1n) is 8.11. The van der Waals surface area contributed by atoms with Gasteiger partial charge in [0, 0.05) is 37.1 Å². The molecule has 3 heterocycles. The molecule has 0 radical (unpaired) electrons. The molecule has 0 aromatic carbocycles. The lowest BCUT2D eigenvalue weighted by Crippen LogP contribution is -2.48. The second kappa shape index (κ2) is 7.76. The van der Waals surface area contributed by atoms with Gasteiger partial charge in [-0.15, -0.1) is 0 Å². The summed E-state index contributed by atoms with van der Waals surface area (Å²) in [6, 6.07) is 1.97. The van der Waals surface area contributed by atoms with Gasteiger partial charge in [0.2, 0.25) is 11.7 Å². The van der Waals surface area contributed by atoms with Crippen LogP contribution in [0.25, 0.3) is 11.4 Å². The Hall–Kier alpha value is -1.93. The average Bonchev–Trinajstić information content (AvgIpc) is 3.24. The summed E-state index contributed by atoms with van der Waals surface area (Å²) >= 11 is 1.61. The van der Waals surface area contributed by atoms with Crippen LogP contribution in [-0.2, 0) is 11.3 Å². The van der Waals surface area contributed by atoms with Crippen LogP contribution in [0.15, 0.2) is 21.3 Å². The minimum Gasteiger partial charge on any atom is -0.449 e. The molecule has 0 unspecified atom stereocenters. The Bertz CT molecular complexity index is 648. The van der Waals surface area contributed by atoms with E-state index in [2.05, 4.69) is 15.0 Å². The van der Waals surface area contributed by atoms with Crippen molar-refractivity contribution in [2.24, 2.45) is 5.92 Å². The molecule has 0 spiro atoms. The summed E-state index contributed by atoms with van der Waals surface area (Å²) in [6.07, 6.45) is -0.221. The van der Waals surface area contributed by atoms with Crippen molar-refractivity contribution in [2.45, 2.75) is 20.4 Å². The normalized spacial score (nSPS) is 15.9. The number of nitrogens with zero attached hydrogens (tertiary/aromatic N) is 4. The van der Waals surface area contributed by atoms with E-state index in [1.165, 1.54) is 0 Å². The van der Waals surface area contributed by atoms with Crippen LogP contribution >= 0.6 is 11.3 Å². The Kier molecular flexibility index (Phi) is 5.47. The lowest BCUT2D eigenvalue weighted by Gasteiger charge is -2.33. The molecule has 0 aliphatic carbocycles.